The number of hydrogen-bond acceptors (Lipinski definition) is 1. The van der Waals surface area contributed by atoms with Gasteiger partial charge in [-0.1, -0.05) is 0 Å². The number of aromatic nitrogens is 2. The van der Waals surface area contributed by atoms with Crippen molar-refractivity contribution in [2.24, 2.45) is 0 Å². The monoisotopic (exact) mass is 164 g/mol. The Morgan fingerprint density at radius 1 is 1.33 bits per heavy atom. The quantitative estimate of drug-likeness (QED) is 0.582. The topological polar surface area (TPSA) is 17.3 Å². The molecule has 2 aromatic heterocycles. The van der Waals surface area contributed by atoms with Crippen molar-refractivity contribution in [3.63, 3.8) is 0 Å². The van der Waals surface area contributed by atoms with E-state index in [-0.39, 0.29) is 5.82 Å². The number of aryl methyl sites for hydroxylation is 2. The van der Waals surface area contributed by atoms with Crippen LogP contribution >= 0.6 is 0 Å². The maximum atomic E-state index is 13.1. The summed E-state index contributed by atoms with van der Waals surface area (Å²) in [5.74, 6) is -0.270. The summed E-state index contributed by atoms with van der Waals surface area (Å²) in [6.45, 7) is 3.78. The lowest BCUT2D eigenvalue weighted by molar-refractivity contribution is 0.628. The summed E-state index contributed by atoms with van der Waals surface area (Å²) in [5.41, 5.74) is 2.24. The van der Waals surface area contributed by atoms with Gasteiger partial charge >= 0.3 is 0 Å². The van der Waals surface area contributed by atoms with Gasteiger partial charge in [-0.2, -0.15) is 0 Å². The molecule has 0 unspecified atom stereocenters. The van der Waals surface area contributed by atoms with Crippen LogP contribution in [-0.2, 0) is 0 Å². The van der Waals surface area contributed by atoms with E-state index in [1.807, 2.05) is 20.0 Å². The molecule has 0 aromatic carbocycles. The van der Waals surface area contributed by atoms with Gasteiger partial charge in [0, 0.05) is 11.9 Å². The SMILES string of the molecule is Cc1cn2c(C)ccc(F)c2n1. The van der Waals surface area contributed by atoms with Gasteiger partial charge in [0.25, 0.3) is 0 Å². The molecule has 0 atom stereocenters. The lowest BCUT2D eigenvalue weighted by Crippen LogP contribution is -1.91. The van der Waals surface area contributed by atoms with Crippen LogP contribution in [-0.4, -0.2) is 9.38 Å². The van der Waals surface area contributed by atoms with E-state index in [0.717, 1.165) is 11.4 Å². The lowest BCUT2D eigenvalue weighted by atomic mass is 10.3. The summed E-state index contributed by atoms with van der Waals surface area (Å²) in [4.78, 5) is 4.06. The molecule has 0 saturated carbocycles. The third kappa shape index (κ3) is 0.897. The second-order valence-electron chi connectivity index (χ2n) is 2.90. The van der Waals surface area contributed by atoms with E-state index < -0.39 is 0 Å². The average molecular weight is 164 g/mol. The number of hydrogen-bond donors (Lipinski definition) is 0. The molecule has 0 N–H and O–H groups in total. The van der Waals surface area contributed by atoms with Crippen LogP contribution in [0.15, 0.2) is 18.3 Å². The maximum absolute atomic E-state index is 13.1. The van der Waals surface area contributed by atoms with Gasteiger partial charge in [0.15, 0.2) is 11.5 Å². The molecule has 0 bridgehead atoms. The van der Waals surface area contributed by atoms with Crippen LogP contribution in [0.3, 0.4) is 0 Å². The predicted octanol–water partition coefficient (Wildman–Crippen LogP) is 2.09. The first-order chi connectivity index (χ1) is 5.68. The highest BCUT2D eigenvalue weighted by atomic mass is 19.1. The molecule has 0 fully saturated rings. The zero-order valence-corrected chi connectivity index (χ0v) is 7.00. The Balaban J connectivity index is 2.93. The van der Waals surface area contributed by atoms with Gasteiger partial charge in [-0.15, -0.1) is 0 Å². The number of pyridine rings is 1. The predicted molar refractivity (Wildman–Crippen MR) is 44.6 cm³/mol. The molecule has 62 valence electrons. The van der Waals surface area contributed by atoms with Crippen molar-refractivity contribution in [1.82, 2.24) is 9.38 Å². The van der Waals surface area contributed by atoms with Gasteiger partial charge in [0.2, 0.25) is 0 Å². The Morgan fingerprint density at radius 2 is 2.08 bits per heavy atom. The number of halogens is 1. The maximum Gasteiger partial charge on any atom is 0.173 e. The van der Waals surface area contributed by atoms with E-state index in [4.69, 9.17) is 0 Å². The second-order valence-corrected chi connectivity index (χ2v) is 2.90. The Morgan fingerprint density at radius 3 is 2.75 bits per heavy atom. The minimum absolute atomic E-state index is 0.270. The molecule has 0 saturated heterocycles. The molecule has 0 spiro atoms. The smallest absolute Gasteiger partial charge is 0.173 e. The molecule has 0 radical (unpaired) electrons. The average Bonchev–Trinajstić information content (AvgIpc) is 2.41. The molecule has 0 amide bonds. The van der Waals surface area contributed by atoms with Gasteiger partial charge in [0.1, 0.15) is 0 Å². The van der Waals surface area contributed by atoms with Crippen LogP contribution in [0.25, 0.3) is 5.65 Å². The number of rotatable bonds is 0. The van der Waals surface area contributed by atoms with Crippen LogP contribution in [0, 0.1) is 19.7 Å². The van der Waals surface area contributed by atoms with E-state index in [0.29, 0.717) is 5.65 Å². The highest BCUT2D eigenvalue weighted by Gasteiger charge is 2.04. The minimum atomic E-state index is -0.270. The summed E-state index contributed by atoms with van der Waals surface area (Å²) in [7, 11) is 0. The van der Waals surface area contributed by atoms with E-state index in [1.165, 1.54) is 6.07 Å². The van der Waals surface area contributed by atoms with Crippen LogP contribution < -0.4 is 0 Å². The van der Waals surface area contributed by atoms with E-state index >= 15 is 0 Å². The van der Waals surface area contributed by atoms with Crippen LogP contribution in [0.1, 0.15) is 11.4 Å². The van der Waals surface area contributed by atoms with Crippen molar-refractivity contribution in [1.29, 1.82) is 0 Å². The van der Waals surface area contributed by atoms with Crippen molar-refractivity contribution in [2.45, 2.75) is 13.8 Å². The summed E-state index contributed by atoms with van der Waals surface area (Å²) in [6, 6.07) is 3.18. The summed E-state index contributed by atoms with van der Waals surface area (Å²) in [6.07, 6.45) is 1.83. The van der Waals surface area contributed by atoms with E-state index in [1.54, 1.807) is 10.5 Å². The normalized spacial score (nSPS) is 10.9. The van der Waals surface area contributed by atoms with E-state index in [2.05, 4.69) is 4.98 Å². The van der Waals surface area contributed by atoms with Gasteiger partial charge in [-0.3, -0.25) is 0 Å². The number of nitrogens with zero attached hydrogens (tertiary/aromatic N) is 2. The highest BCUT2D eigenvalue weighted by molar-refractivity contribution is 5.43. The van der Waals surface area contributed by atoms with Crippen molar-refractivity contribution in [3.05, 3.63) is 35.5 Å². The summed E-state index contributed by atoms with van der Waals surface area (Å²) < 4.78 is 14.9. The van der Waals surface area contributed by atoms with Crippen molar-refractivity contribution >= 4 is 5.65 Å². The fourth-order valence-corrected chi connectivity index (χ4v) is 1.28. The largest absolute Gasteiger partial charge is 0.302 e. The van der Waals surface area contributed by atoms with Gasteiger partial charge < -0.3 is 4.40 Å². The molecule has 2 rings (SSSR count). The van der Waals surface area contributed by atoms with Crippen molar-refractivity contribution < 1.29 is 4.39 Å². The standard InChI is InChI=1S/C9H9FN2/c1-6-5-12-7(2)3-4-8(10)9(12)11-6/h3-5H,1-2H3. The molecule has 0 aliphatic carbocycles. The third-order valence-corrected chi connectivity index (χ3v) is 1.89. The highest BCUT2D eigenvalue weighted by Crippen LogP contribution is 2.11. The molecule has 2 aromatic rings. The molecule has 0 aliphatic heterocycles. The zero-order chi connectivity index (χ0) is 8.72. The molecule has 3 heteroatoms. The molecule has 2 nitrogen and oxygen atoms in total. The number of fused-ring (bicyclic) bond motifs is 1. The molecular weight excluding hydrogens is 155 g/mol. The van der Waals surface area contributed by atoms with Crippen LogP contribution in [0.5, 0.6) is 0 Å². The van der Waals surface area contributed by atoms with Crippen molar-refractivity contribution in [3.8, 4) is 0 Å². The summed E-state index contributed by atoms with van der Waals surface area (Å²) >= 11 is 0. The minimum Gasteiger partial charge on any atom is -0.302 e. The number of imidazole rings is 1. The Kier molecular flexibility index (Phi) is 1.40. The van der Waals surface area contributed by atoms with Gasteiger partial charge in [-0.05, 0) is 26.0 Å². The Labute approximate surface area is 69.7 Å². The molecule has 0 aliphatic rings. The van der Waals surface area contributed by atoms with Crippen molar-refractivity contribution in [2.75, 3.05) is 0 Å². The van der Waals surface area contributed by atoms with E-state index in [9.17, 15) is 4.39 Å². The first-order valence-electron chi connectivity index (χ1n) is 3.79. The zero-order valence-electron chi connectivity index (χ0n) is 7.00. The first-order valence-corrected chi connectivity index (χ1v) is 3.79. The molecule has 2 heterocycles. The van der Waals surface area contributed by atoms with Gasteiger partial charge in [0.05, 0.1) is 5.69 Å². The Hall–Kier alpha value is -1.38. The molecular formula is C9H9FN2. The second kappa shape index (κ2) is 2.30. The third-order valence-electron chi connectivity index (χ3n) is 1.89. The van der Waals surface area contributed by atoms with Gasteiger partial charge in [-0.25, -0.2) is 9.37 Å². The molecule has 12 heavy (non-hydrogen) atoms. The fourth-order valence-electron chi connectivity index (χ4n) is 1.28. The fraction of sp³-hybridized carbons (Fsp3) is 0.222. The lowest BCUT2D eigenvalue weighted by Gasteiger charge is -1.98. The summed E-state index contributed by atoms with van der Waals surface area (Å²) in [5, 5.41) is 0. The van der Waals surface area contributed by atoms with Crippen LogP contribution in [0.4, 0.5) is 4.39 Å². The Bertz CT molecular complexity index is 392. The first kappa shape index (κ1) is 7.28. The van der Waals surface area contributed by atoms with Crippen LogP contribution in [0.2, 0.25) is 0 Å².